The molecule has 7 nitrogen and oxygen atoms in total. The van der Waals surface area contributed by atoms with E-state index >= 15 is 0 Å². The summed E-state index contributed by atoms with van der Waals surface area (Å²) in [5.41, 5.74) is 2.37. The van der Waals surface area contributed by atoms with Gasteiger partial charge in [-0.25, -0.2) is 9.78 Å². The van der Waals surface area contributed by atoms with Gasteiger partial charge in [-0.15, -0.1) is 0 Å². The molecule has 0 unspecified atom stereocenters. The highest BCUT2D eigenvalue weighted by Gasteiger charge is 2.08. The first-order chi connectivity index (χ1) is 13.0. The highest BCUT2D eigenvalue weighted by Crippen LogP contribution is 2.27. The zero-order chi connectivity index (χ0) is 19.2. The molecule has 0 saturated heterocycles. The molecule has 3 rings (SSSR count). The van der Waals surface area contributed by atoms with Crippen LogP contribution >= 0.6 is 0 Å². The number of ether oxygens (including phenoxy) is 1. The van der Waals surface area contributed by atoms with Crippen LogP contribution in [-0.4, -0.2) is 27.7 Å². The maximum absolute atomic E-state index is 11.1. The van der Waals surface area contributed by atoms with E-state index in [0.717, 1.165) is 11.4 Å². The lowest BCUT2D eigenvalue weighted by Crippen LogP contribution is -2.04. The quantitative estimate of drug-likeness (QED) is 0.573. The van der Waals surface area contributed by atoms with Crippen molar-refractivity contribution in [3.8, 4) is 5.75 Å². The van der Waals surface area contributed by atoms with Gasteiger partial charge in [-0.1, -0.05) is 18.2 Å². The van der Waals surface area contributed by atoms with Crippen molar-refractivity contribution in [3.63, 3.8) is 0 Å². The Hall–Kier alpha value is -3.61. The monoisotopic (exact) mass is 364 g/mol. The molecule has 3 N–H and O–H groups in total. The number of aromatic nitrogens is 2. The zero-order valence-electron chi connectivity index (χ0n) is 15.1. The van der Waals surface area contributed by atoms with Crippen molar-refractivity contribution in [3.05, 3.63) is 65.9 Å². The highest BCUT2D eigenvalue weighted by atomic mass is 16.5. The fourth-order valence-electron chi connectivity index (χ4n) is 2.54. The van der Waals surface area contributed by atoms with Crippen LogP contribution in [0.4, 0.5) is 23.1 Å². The third-order valence-electron chi connectivity index (χ3n) is 3.67. The van der Waals surface area contributed by atoms with Crippen molar-refractivity contribution in [2.24, 2.45) is 0 Å². The molecular formula is C20H20N4O3. The number of nitrogens with zero attached hydrogens (tertiary/aromatic N) is 2. The molecule has 0 saturated carbocycles. The molecule has 2 aromatic carbocycles. The molecule has 0 aliphatic heterocycles. The summed E-state index contributed by atoms with van der Waals surface area (Å²) in [4.78, 5) is 20.0. The molecule has 1 heterocycles. The maximum Gasteiger partial charge on any atom is 0.335 e. The lowest BCUT2D eigenvalue weighted by atomic mass is 10.2. The van der Waals surface area contributed by atoms with Gasteiger partial charge < -0.3 is 20.5 Å². The first-order valence-electron chi connectivity index (χ1n) is 8.50. The zero-order valence-corrected chi connectivity index (χ0v) is 15.1. The van der Waals surface area contributed by atoms with Crippen molar-refractivity contribution in [1.82, 2.24) is 9.97 Å². The minimum absolute atomic E-state index is 0.203. The Balaban J connectivity index is 1.85. The summed E-state index contributed by atoms with van der Waals surface area (Å²) in [6.07, 6.45) is 0. The predicted molar refractivity (Wildman–Crippen MR) is 104 cm³/mol. The molecule has 0 fully saturated rings. The van der Waals surface area contributed by atoms with E-state index in [9.17, 15) is 4.79 Å². The van der Waals surface area contributed by atoms with Crippen molar-refractivity contribution in [2.75, 3.05) is 17.2 Å². The fraction of sp³-hybridized carbons (Fsp3) is 0.150. The second-order valence-corrected chi connectivity index (χ2v) is 5.78. The summed E-state index contributed by atoms with van der Waals surface area (Å²) in [5, 5.41) is 15.4. The average molecular weight is 364 g/mol. The number of anilines is 4. The molecule has 0 bridgehead atoms. The maximum atomic E-state index is 11.1. The minimum atomic E-state index is -0.979. The summed E-state index contributed by atoms with van der Waals surface area (Å²) in [6, 6.07) is 15.9. The number of aromatic carboxylic acids is 1. The molecule has 7 heteroatoms. The van der Waals surface area contributed by atoms with Crippen LogP contribution in [0.5, 0.6) is 5.75 Å². The van der Waals surface area contributed by atoms with Crippen LogP contribution in [0.3, 0.4) is 0 Å². The lowest BCUT2D eigenvalue weighted by Gasteiger charge is -2.13. The number of rotatable bonds is 7. The Morgan fingerprint density at radius 2 is 1.89 bits per heavy atom. The molecule has 3 aromatic rings. The Bertz CT molecular complexity index is 959. The van der Waals surface area contributed by atoms with Crippen molar-refractivity contribution < 1.29 is 14.6 Å². The number of hydrogen-bond acceptors (Lipinski definition) is 6. The van der Waals surface area contributed by atoms with Crippen LogP contribution in [0, 0.1) is 6.92 Å². The van der Waals surface area contributed by atoms with E-state index in [1.54, 1.807) is 24.3 Å². The van der Waals surface area contributed by atoms with Gasteiger partial charge in [-0.05, 0) is 44.2 Å². The number of hydrogen-bond donors (Lipinski definition) is 3. The Morgan fingerprint density at radius 1 is 1.07 bits per heavy atom. The van der Waals surface area contributed by atoms with Gasteiger partial charge in [0.25, 0.3) is 0 Å². The van der Waals surface area contributed by atoms with E-state index in [4.69, 9.17) is 9.84 Å². The van der Waals surface area contributed by atoms with Gasteiger partial charge in [0.05, 0.1) is 17.9 Å². The van der Waals surface area contributed by atoms with Crippen LogP contribution in [0.1, 0.15) is 23.0 Å². The number of carbonyl (C=O) groups is 1. The summed E-state index contributed by atoms with van der Waals surface area (Å²) in [5.74, 6) is 0.710. The van der Waals surface area contributed by atoms with Gasteiger partial charge in [0.1, 0.15) is 11.6 Å². The minimum Gasteiger partial charge on any atom is -0.492 e. The number of aryl methyl sites for hydroxylation is 1. The number of nitrogens with one attached hydrogen (secondary N) is 2. The van der Waals surface area contributed by atoms with E-state index in [1.807, 2.05) is 38.1 Å². The predicted octanol–water partition coefficient (Wildman–Crippen LogP) is 4.37. The number of carboxylic acids is 1. The van der Waals surface area contributed by atoms with Gasteiger partial charge in [-0.3, -0.25) is 0 Å². The molecule has 138 valence electrons. The van der Waals surface area contributed by atoms with Crippen LogP contribution in [0.2, 0.25) is 0 Å². The summed E-state index contributed by atoms with van der Waals surface area (Å²) >= 11 is 0. The summed E-state index contributed by atoms with van der Waals surface area (Å²) < 4.78 is 5.61. The standard InChI is InChI=1S/C20H20N4O3/c1-3-27-17-10-5-4-9-16(17)23-20-21-13(2)11-18(24-20)22-15-8-6-7-14(12-15)19(25)26/h4-12H,3H2,1-2H3,(H,25,26)(H2,21,22,23,24). The van der Waals surface area contributed by atoms with Crippen LogP contribution in [0.15, 0.2) is 54.6 Å². The molecule has 0 amide bonds. The highest BCUT2D eigenvalue weighted by molar-refractivity contribution is 5.89. The normalized spacial score (nSPS) is 10.3. The molecule has 0 spiro atoms. The van der Waals surface area contributed by atoms with E-state index in [2.05, 4.69) is 20.6 Å². The smallest absolute Gasteiger partial charge is 0.335 e. The van der Waals surface area contributed by atoms with Gasteiger partial charge in [0, 0.05) is 17.4 Å². The lowest BCUT2D eigenvalue weighted by molar-refractivity contribution is 0.0697. The molecule has 1 aromatic heterocycles. The van der Waals surface area contributed by atoms with E-state index in [-0.39, 0.29) is 5.56 Å². The summed E-state index contributed by atoms with van der Waals surface area (Å²) in [6.45, 7) is 4.34. The van der Waals surface area contributed by atoms with Crippen molar-refractivity contribution in [2.45, 2.75) is 13.8 Å². The van der Waals surface area contributed by atoms with Crippen LogP contribution < -0.4 is 15.4 Å². The van der Waals surface area contributed by atoms with Gasteiger partial charge in [-0.2, -0.15) is 4.98 Å². The summed E-state index contributed by atoms with van der Waals surface area (Å²) in [7, 11) is 0. The molecular weight excluding hydrogens is 344 g/mol. The Labute approximate surface area is 157 Å². The van der Waals surface area contributed by atoms with Gasteiger partial charge in [0.2, 0.25) is 5.95 Å². The van der Waals surface area contributed by atoms with Crippen molar-refractivity contribution in [1.29, 1.82) is 0 Å². The third kappa shape index (κ3) is 4.72. The van der Waals surface area contributed by atoms with Crippen LogP contribution in [-0.2, 0) is 0 Å². The van der Waals surface area contributed by atoms with Gasteiger partial charge in [0.15, 0.2) is 0 Å². The van der Waals surface area contributed by atoms with Gasteiger partial charge >= 0.3 is 5.97 Å². The second kappa shape index (κ2) is 8.18. The molecule has 0 radical (unpaired) electrons. The number of carboxylic acid groups (broad SMARTS) is 1. The Morgan fingerprint density at radius 3 is 2.67 bits per heavy atom. The van der Waals surface area contributed by atoms with Crippen LogP contribution in [0.25, 0.3) is 0 Å². The van der Waals surface area contributed by atoms with Crippen molar-refractivity contribution >= 4 is 29.1 Å². The molecule has 0 aliphatic carbocycles. The Kier molecular flexibility index (Phi) is 5.51. The first kappa shape index (κ1) is 18.2. The molecule has 27 heavy (non-hydrogen) atoms. The fourth-order valence-corrected chi connectivity index (χ4v) is 2.54. The van der Waals surface area contributed by atoms with E-state index in [0.29, 0.717) is 29.8 Å². The van der Waals surface area contributed by atoms with E-state index in [1.165, 1.54) is 6.07 Å². The largest absolute Gasteiger partial charge is 0.492 e. The van der Waals surface area contributed by atoms with E-state index < -0.39 is 5.97 Å². The second-order valence-electron chi connectivity index (χ2n) is 5.78. The number of para-hydroxylation sites is 2. The average Bonchev–Trinajstić information content (AvgIpc) is 2.63. The molecule has 0 aliphatic rings. The molecule has 0 atom stereocenters. The third-order valence-corrected chi connectivity index (χ3v) is 3.67. The number of benzene rings is 2. The first-order valence-corrected chi connectivity index (χ1v) is 8.50. The topological polar surface area (TPSA) is 96.4 Å². The SMILES string of the molecule is CCOc1ccccc1Nc1nc(C)cc(Nc2cccc(C(=O)O)c2)n1.